The molecule has 0 aromatic heterocycles. The molecule has 3 atom stereocenters. The van der Waals surface area contributed by atoms with E-state index in [1.807, 2.05) is 6.92 Å². The molecule has 1 aliphatic heterocycles. The fourth-order valence-corrected chi connectivity index (χ4v) is 2.13. The quantitative estimate of drug-likeness (QED) is 0.791. The highest BCUT2D eigenvalue weighted by molar-refractivity contribution is 5.76. The number of rotatable bonds is 5. The Morgan fingerprint density at radius 1 is 1.42 bits per heavy atom. The summed E-state index contributed by atoms with van der Waals surface area (Å²) < 4.78 is 5.61. The highest BCUT2D eigenvalue weighted by atomic mass is 16.5. The lowest BCUT2D eigenvalue weighted by molar-refractivity contribution is -0.141. The Morgan fingerprint density at radius 2 is 2.11 bits per heavy atom. The Labute approximate surface area is 114 Å². The Bertz CT molecular complexity index is 316. The van der Waals surface area contributed by atoms with Crippen LogP contribution in [0.1, 0.15) is 33.1 Å². The van der Waals surface area contributed by atoms with Gasteiger partial charge in [0.05, 0.1) is 18.1 Å². The predicted octanol–water partition coefficient (Wildman–Crippen LogP) is 1.31. The average molecular weight is 272 g/mol. The maximum atomic E-state index is 11.9. The van der Waals surface area contributed by atoms with Crippen LogP contribution in [0.25, 0.3) is 0 Å². The van der Waals surface area contributed by atoms with Crippen LogP contribution in [0.4, 0.5) is 4.79 Å². The van der Waals surface area contributed by atoms with Gasteiger partial charge >= 0.3 is 12.0 Å². The molecule has 3 unspecified atom stereocenters. The smallest absolute Gasteiger partial charge is 0.317 e. The van der Waals surface area contributed by atoms with Gasteiger partial charge in [-0.05, 0) is 26.2 Å². The SMILES string of the molecule is CC(CN(C)C(=O)NC(C)C1CCCCO1)C(=O)O. The molecule has 2 amide bonds. The van der Waals surface area contributed by atoms with Gasteiger partial charge in [0.2, 0.25) is 0 Å². The second-order valence-corrected chi connectivity index (χ2v) is 5.26. The number of urea groups is 1. The Hall–Kier alpha value is -1.30. The van der Waals surface area contributed by atoms with Crippen LogP contribution in [-0.2, 0) is 9.53 Å². The first kappa shape index (κ1) is 15.8. The van der Waals surface area contributed by atoms with Gasteiger partial charge in [-0.15, -0.1) is 0 Å². The van der Waals surface area contributed by atoms with Crippen LogP contribution in [0.3, 0.4) is 0 Å². The van der Waals surface area contributed by atoms with E-state index in [-0.39, 0.29) is 24.7 Å². The molecule has 0 radical (unpaired) electrons. The third kappa shape index (κ3) is 5.06. The summed E-state index contributed by atoms with van der Waals surface area (Å²) in [6.45, 7) is 4.44. The standard InChI is InChI=1S/C13H24N2O4/c1-9(12(16)17)8-15(3)13(18)14-10(2)11-6-4-5-7-19-11/h9-11H,4-8H2,1-3H3,(H,14,18)(H,16,17). The molecular formula is C13H24N2O4. The monoisotopic (exact) mass is 272 g/mol. The highest BCUT2D eigenvalue weighted by Gasteiger charge is 2.24. The number of carbonyl (C=O) groups excluding carboxylic acids is 1. The number of nitrogens with zero attached hydrogens (tertiary/aromatic N) is 1. The van der Waals surface area contributed by atoms with E-state index in [9.17, 15) is 9.59 Å². The lowest BCUT2D eigenvalue weighted by Crippen LogP contribution is -2.49. The van der Waals surface area contributed by atoms with E-state index in [1.165, 1.54) is 4.90 Å². The highest BCUT2D eigenvalue weighted by Crippen LogP contribution is 2.15. The summed E-state index contributed by atoms with van der Waals surface area (Å²) in [7, 11) is 1.60. The maximum Gasteiger partial charge on any atom is 0.317 e. The van der Waals surface area contributed by atoms with Crippen molar-refractivity contribution in [2.45, 2.75) is 45.3 Å². The van der Waals surface area contributed by atoms with E-state index in [1.54, 1.807) is 14.0 Å². The molecule has 1 saturated heterocycles. The molecular weight excluding hydrogens is 248 g/mol. The second kappa shape index (κ2) is 7.33. The van der Waals surface area contributed by atoms with Crippen molar-refractivity contribution in [3.05, 3.63) is 0 Å². The van der Waals surface area contributed by atoms with Crippen LogP contribution in [0.15, 0.2) is 0 Å². The van der Waals surface area contributed by atoms with E-state index in [0.29, 0.717) is 0 Å². The molecule has 1 fully saturated rings. The van der Waals surface area contributed by atoms with Crippen molar-refractivity contribution in [1.29, 1.82) is 0 Å². The zero-order valence-corrected chi connectivity index (χ0v) is 11.9. The zero-order valence-electron chi connectivity index (χ0n) is 11.9. The van der Waals surface area contributed by atoms with Gasteiger partial charge in [-0.2, -0.15) is 0 Å². The van der Waals surface area contributed by atoms with Crippen LogP contribution < -0.4 is 5.32 Å². The van der Waals surface area contributed by atoms with Gasteiger partial charge in [0.15, 0.2) is 0 Å². The molecule has 19 heavy (non-hydrogen) atoms. The summed E-state index contributed by atoms with van der Waals surface area (Å²) >= 11 is 0. The molecule has 6 nitrogen and oxygen atoms in total. The van der Waals surface area contributed by atoms with Gasteiger partial charge in [-0.3, -0.25) is 4.79 Å². The normalized spacial score (nSPS) is 22.4. The number of hydrogen-bond acceptors (Lipinski definition) is 3. The summed E-state index contributed by atoms with van der Waals surface area (Å²) in [6.07, 6.45) is 3.21. The summed E-state index contributed by atoms with van der Waals surface area (Å²) in [5, 5.41) is 11.7. The summed E-state index contributed by atoms with van der Waals surface area (Å²) in [4.78, 5) is 24.1. The van der Waals surface area contributed by atoms with Crippen molar-refractivity contribution in [3.63, 3.8) is 0 Å². The molecule has 1 rings (SSSR count). The lowest BCUT2D eigenvalue weighted by atomic mass is 10.0. The number of ether oxygens (including phenoxy) is 1. The van der Waals surface area contributed by atoms with Crippen molar-refractivity contribution >= 4 is 12.0 Å². The third-order valence-electron chi connectivity index (χ3n) is 3.44. The van der Waals surface area contributed by atoms with E-state index >= 15 is 0 Å². The third-order valence-corrected chi connectivity index (χ3v) is 3.44. The number of hydrogen-bond donors (Lipinski definition) is 2. The molecule has 0 aromatic rings. The topological polar surface area (TPSA) is 78.9 Å². The largest absolute Gasteiger partial charge is 0.481 e. The molecule has 0 aliphatic carbocycles. The number of carboxylic acid groups (broad SMARTS) is 1. The van der Waals surface area contributed by atoms with Crippen molar-refractivity contribution < 1.29 is 19.4 Å². The molecule has 2 N–H and O–H groups in total. The van der Waals surface area contributed by atoms with Gasteiger partial charge < -0.3 is 20.1 Å². The van der Waals surface area contributed by atoms with Gasteiger partial charge in [-0.1, -0.05) is 6.92 Å². The number of carboxylic acids is 1. The molecule has 0 spiro atoms. The fraction of sp³-hybridized carbons (Fsp3) is 0.846. The first-order valence-corrected chi connectivity index (χ1v) is 6.78. The van der Waals surface area contributed by atoms with Crippen molar-refractivity contribution in [2.75, 3.05) is 20.2 Å². The molecule has 0 aromatic carbocycles. The summed E-state index contributed by atoms with van der Waals surface area (Å²) in [5.41, 5.74) is 0. The van der Waals surface area contributed by atoms with Crippen molar-refractivity contribution in [1.82, 2.24) is 10.2 Å². The minimum absolute atomic E-state index is 0.0583. The number of amides is 2. The molecule has 0 saturated carbocycles. The van der Waals surface area contributed by atoms with E-state index < -0.39 is 11.9 Å². The number of aliphatic carboxylic acids is 1. The van der Waals surface area contributed by atoms with Gasteiger partial charge in [0.1, 0.15) is 0 Å². The van der Waals surface area contributed by atoms with Crippen molar-refractivity contribution in [2.24, 2.45) is 5.92 Å². The molecule has 1 aliphatic rings. The lowest BCUT2D eigenvalue weighted by Gasteiger charge is -2.30. The molecule has 6 heteroatoms. The van der Waals surface area contributed by atoms with Gasteiger partial charge in [0, 0.05) is 20.2 Å². The summed E-state index contributed by atoms with van der Waals surface area (Å²) in [6, 6.07) is -0.315. The molecule has 1 heterocycles. The zero-order chi connectivity index (χ0) is 14.4. The Kier molecular flexibility index (Phi) is 6.08. The number of carbonyl (C=O) groups is 2. The van der Waals surface area contributed by atoms with E-state index in [0.717, 1.165) is 25.9 Å². The first-order valence-electron chi connectivity index (χ1n) is 6.78. The van der Waals surface area contributed by atoms with Crippen molar-refractivity contribution in [3.8, 4) is 0 Å². The van der Waals surface area contributed by atoms with Crippen LogP contribution in [-0.4, -0.2) is 54.4 Å². The molecule has 0 bridgehead atoms. The van der Waals surface area contributed by atoms with Crippen LogP contribution in [0.2, 0.25) is 0 Å². The van der Waals surface area contributed by atoms with E-state index in [2.05, 4.69) is 5.32 Å². The average Bonchev–Trinajstić information content (AvgIpc) is 2.39. The van der Waals surface area contributed by atoms with Crippen LogP contribution >= 0.6 is 0 Å². The second-order valence-electron chi connectivity index (χ2n) is 5.26. The molecule has 110 valence electrons. The van der Waals surface area contributed by atoms with Gasteiger partial charge in [-0.25, -0.2) is 4.79 Å². The summed E-state index contributed by atoms with van der Waals surface area (Å²) in [5.74, 6) is -1.47. The van der Waals surface area contributed by atoms with Crippen LogP contribution in [0.5, 0.6) is 0 Å². The number of nitrogens with one attached hydrogen (secondary N) is 1. The first-order chi connectivity index (χ1) is 8.91. The maximum absolute atomic E-state index is 11.9. The minimum Gasteiger partial charge on any atom is -0.481 e. The van der Waals surface area contributed by atoms with E-state index in [4.69, 9.17) is 9.84 Å². The Morgan fingerprint density at radius 3 is 2.63 bits per heavy atom. The Balaban J connectivity index is 2.38. The predicted molar refractivity (Wildman–Crippen MR) is 71.0 cm³/mol. The van der Waals surface area contributed by atoms with Crippen LogP contribution in [0, 0.1) is 5.92 Å². The minimum atomic E-state index is -0.900. The van der Waals surface area contributed by atoms with Gasteiger partial charge in [0.25, 0.3) is 0 Å². The fourth-order valence-electron chi connectivity index (χ4n) is 2.13.